The normalized spacial score (nSPS) is 12.3. The Morgan fingerprint density at radius 3 is 2.64 bits per heavy atom. The van der Waals surface area contributed by atoms with Crippen LogP contribution in [0.4, 0.5) is 18.0 Å². The lowest BCUT2D eigenvalue weighted by Crippen LogP contribution is -2.33. The van der Waals surface area contributed by atoms with E-state index in [-0.39, 0.29) is 13.0 Å². The molecular formula is C21H25F3N4O4S. The molecule has 0 bridgehead atoms. The number of amides is 1. The zero-order valence-electron chi connectivity index (χ0n) is 18.4. The predicted molar refractivity (Wildman–Crippen MR) is 117 cm³/mol. The number of ether oxygens (including phenoxy) is 1. The third kappa shape index (κ3) is 5.67. The molecule has 0 atom stereocenters. The highest BCUT2D eigenvalue weighted by molar-refractivity contribution is 7.90. The van der Waals surface area contributed by atoms with E-state index in [1.807, 2.05) is 11.6 Å². The van der Waals surface area contributed by atoms with Gasteiger partial charge in [-0.05, 0) is 38.0 Å². The first-order chi connectivity index (χ1) is 15.4. The van der Waals surface area contributed by atoms with Gasteiger partial charge in [0.25, 0.3) is 0 Å². The lowest BCUT2D eigenvalue weighted by molar-refractivity contribution is -0.137. The van der Waals surface area contributed by atoms with Gasteiger partial charge in [0, 0.05) is 24.2 Å². The highest BCUT2D eigenvalue weighted by atomic mass is 32.2. The minimum absolute atomic E-state index is 0.00872. The van der Waals surface area contributed by atoms with E-state index < -0.39 is 33.6 Å². The van der Waals surface area contributed by atoms with Crippen LogP contribution in [-0.2, 0) is 34.4 Å². The molecule has 2 aromatic heterocycles. The van der Waals surface area contributed by atoms with Gasteiger partial charge in [-0.3, -0.25) is 4.68 Å². The standard InChI is InChI=1S/C21H25F3N4O4S/c1-4-5-11-32-20(29)26-33(30,31)12-9-17-14(2)25-27(3)19(17)28-10-8-15-6-7-16(13-18(15)28)21(22,23)24/h6-8,10,13H,4-5,9,11-12H2,1-3H3,(H,26,29). The maximum Gasteiger partial charge on any atom is 0.420 e. The van der Waals surface area contributed by atoms with Crippen molar-refractivity contribution < 1.29 is 31.1 Å². The second-order valence-electron chi connectivity index (χ2n) is 7.63. The minimum Gasteiger partial charge on any atom is -0.449 e. The second kappa shape index (κ2) is 9.46. The Morgan fingerprint density at radius 2 is 1.97 bits per heavy atom. The van der Waals surface area contributed by atoms with Crippen molar-refractivity contribution in [3.8, 4) is 5.82 Å². The molecule has 33 heavy (non-hydrogen) atoms. The summed E-state index contributed by atoms with van der Waals surface area (Å²) in [7, 11) is -2.37. The number of carbonyl (C=O) groups is 1. The quantitative estimate of drug-likeness (QED) is 0.484. The minimum atomic E-state index is -4.50. The number of hydrogen-bond donors (Lipinski definition) is 1. The molecule has 1 amide bonds. The lowest BCUT2D eigenvalue weighted by atomic mass is 10.1. The number of halogens is 3. The Bertz CT molecular complexity index is 1260. The van der Waals surface area contributed by atoms with Gasteiger partial charge in [0.05, 0.1) is 29.1 Å². The number of hydrogen-bond acceptors (Lipinski definition) is 5. The first-order valence-corrected chi connectivity index (χ1v) is 12.0. The Morgan fingerprint density at radius 1 is 1.24 bits per heavy atom. The van der Waals surface area contributed by atoms with Gasteiger partial charge in [-0.15, -0.1) is 0 Å². The fourth-order valence-electron chi connectivity index (χ4n) is 3.53. The van der Waals surface area contributed by atoms with Crippen LogP contribution in [0.2, 0.25) is 0 Å². The first kappa shape index (κ1) is 24.6. The summed E-state index contributed by atoms with van der Waals surface area (Å²) in [6, 6.07) is 5.12. The number of carbonyl (C=O) groups excluding carboxylic acids is 1. The Kier molecular flexibility index (Phi) is 7.06. The van der Waals surface area contributed by atoms with Crippen molar-refractivity contribution in [3.63, 3.8) is 0 Å². The Hall–Kier alpha value is -3.02. The number of sulfonamides is 1. The summed E-state index contributed by atoms with van der Waals surface area (Å²) in [6.45, 7) is 3.71. The third-order valence-corrected chi connectivity index (χ3v) is 6.37. The van der Waals surface area contributed by atoms with Crippen molar-refractivity contribution in [2.24, 2.45) is 7.05 Å². The number of aromatic nitrogens is 3. The van der Waals surface area contributed by atoms with E-state index in [0.29, 0.717) is 34.4 Å². The molecule has 8 nitrogen and oxygen atoms in total. The van der Waals surface area contributed by atoms with Gasteiger partial charge in [-0.25, -0.2) is 17.9 Å². The third-order valence-electron chi connectivity index (χ3n) is 5.15. The van der Waals surface area contributed by atoms with Crippen LogP contribution in [0.1, 0.15) is 36.6 Å². The monoisotopic (exact) mass is 486 g/mol. The second-order valence-corrected chi connectivity index (χ2v) is 9.47. The summed E-state index contributed by atoms with van der Waals surface area (Å²) in [5.41, 5.74) is 0.595. The molecule has 3 aromatic rings. The maximum atomic E-state index is 13.2. The van der Waals surface area contributed by atoms with E-state index in [2.05, 4.69) is 5.10 Å². The zero-order chi connectivity index (χ0) is 24.4. The van der Waals surface area contributed by atoms with Crippen LogP contribution in [0.15, 0.2) is 30.5 Å². The van der Waals surface area contributed by atoms with E-state index in [9.17, 15) is 26.4 Å². The van der Waals surface area contributed by atoms with E-state index in [1.54, 1.807) is 30.8 Å². The molecule has 3 rings (SSSR count). The summed E-state index contributed by atoms with van der Waals surface area (Å²) >= 11 is 0. The van der Waals surface area contributed by atoms with Crippen molar-refractivity contribution in [3.05, 3.63) is 47.3 Å². The van der Waals surface area contributed by atoms with Crippen LogP contribution in [0.25, 0.3) is 16.7 Å². The molecule has 0 fully saturated rings. The zero-order valence-corrected chi connectivity index (χ0v) is 19.3. The topological polar surface area (TPSA) is 95.2 Å². The van der Waals surface area contributed by atoms with E-state index in [0.717, 1.165) is 18.6 Å². The number of fused-ring (bicyclic) bond motifs is 1. The average molecular weight is 487 g/mol. The van der Waals surface area contributed by atoms with E-state index in [1.165, 1.54) is 10.7 Å². The van der Waals surface area contributed by atoms with Gasteiger partial charge >= 0.3 is 12.3 Å². The number of nitrogens with zero attached hydrogens (tertiary/aromatic N) is 3. The van der Waals surface area contributed by atoms with Gasteiger partial charge in [-0.1, -0.05) is 19.4 Å². The predicted octanol–water partition coefficient (Wildman–Crippen LogP) is 4.09. The van der Waals surface area contributed by atoms with Gasteiger partial charge in [0.1, 0.15) is 5.82 Å². The molecule has 0 saturated carbocycles. The SMILES string of the molecule is CCCCOC(=O)NS(=O)(=O)CCc1c(C)nn(C)c1-n1ccc2ccc(C(F)(F)F)cc21. The number of nitrogens with one attached hydrogen (secondary N) is 1. The Balaban J connectivity index is 1.88. The average Bonchev–Trinajstić information content (AvgIpc) is 3.24. The van der Waals surface area contributed by atoms with Gasteiger partial charge in [0.15, 0.2) is 0 Å². The summed E-state index contributed by atoms with van der Waals surface area (Å²) in [5.74, 6) is 0.0186. The van der Waals surface area contributed by atoms with Crippen LogP contribution < -0.4 is 4.72 Å². The number of alkyl halides is 3. The smallest absolute Gasteiger partial charge is 0.420 e. The van der Waals surface area contributed by atoms with Crippen LogP contribution in [0.5, 0.6) is 0 Å². The van der Waals surface area contributed by atoms with Gasteiger partial charge < -0.3 is 9.30 Å². The highest BCUT2D eigenvalue weighted by Crippen LogP contribution is 2.33. The van der Waals surface area contributed by atoms with Crippen molar-refractivity contribution in [2.75, 3.05) is 12.4 Å². The van der Waals surface area contributed by atoms with Crippen molar-refractivity contribution in [2.45, 2.75) is 39.3 Å². The molecule has 0 aliphatic heterocycles. The molecule has 1 aromatic carbocycles. The molecule has 180 valence electrons. The molecule has 0 radical (unpaired) electrons. The van der Waals surface area contributed by atoms with Crippen molar-refractivity contribution in [1.82, 2.24) is 19.1 Å². The maximum absolute atomic E-state index is 13.2. The van der Waals surface area contributed by atoms with Crippen LogP contribution in [-0.4, -0.2) is 41.2 Å². The molecule has 0 aliphatic carbocycles. The van der Waals surface area contributed by atoms with Gasteiger partial charge in [0.2, 0.25) is 10.0 Å². The number of benzene rings is 1. The van der Waals surface area contributed by atoms with Crippen LogP contribution in [0.3, 0.4) is 0 Å². The fourth-order valence-corrected chi connectivity index (χ4v) is 4.41. The molecule has 0 spiro atoms. The van der Waals surface area contributed by atoms with Crippen molar-refractivity contribution >= 4 is 27.0 Å². The summed E-state index contributed by atoms with van der Waals surface area (Å²) in [6.07, 6.45) is -2.52. The van der Waals surface area contributed by atoms with E-state index >= 15 is 0 Å². The van der Waals surface area contributed by atoms with Crippen molar-refractivity contribution in [1.29, 1.82) is 0 Å². The molecular weight excluding hydrogens is 461 g/mol. The number of unbranched alkanes of at least 4 members (excludes halogenated alkanes) is 1. The van der Waals surface area contributed by atoms with Crippen LogP contribution >= 0.6 is 0 Å². The molecule has 12 heteroatoms. The number of aryl methyl sites for hydroxylation is 2. The summed E-state index contributed by atoms with van der Waals surface area (Å²) < 4.78 is 74.2. The molecule has 0 saturated heterocycles. The molecule has 1 N–H and O–H groups in total. The summed E-state index contributed by atoms with van der Waals surface area (Å²) in [5, 5.41) is 4.92. The lowest BCUT2D eigenvalue weighted by Gasteiger charge is -2.12. The Labute approximate surface area is 189 Å². The van der Waals surface area contributed by atoms with Gasteiger partial charge in [-0.2, -0.15) is 18.3 Å². The first-order valence-electron chi connectivity index (χ1n) is 10.3. The summed E-state index contributed by atoms with van der Waals surface area (Å²) in [4.78, 5) is 11.7. The number of rotatable bonds is 8. The largest absolute Gasteiger partial charge is 0.449 e. The molecule has 0 unspecified atom stereocenters. The van der Waals surface area contributed by atoms with E-state index in [4.69, 9.17) is 4.74 Å². The molecule has 2 heterocycles. The molecule has 0 aliphatic rings. The highest BCUT2D eigenvalue weighted by Gasteiger charge is 2.31. The van der Waals surface area contributed by atoms with Crippen LogP contribution in [0, 0.1) is 6.92 Å². The fraction of sp³-hybridized carbons (Fsp3) is 0.429.